The van der Waals surface area contributed by atoms with E-state index in [-0.39, 0.29) is 17.5 Å². The third kappa shape index (κ3) is 3.26. The first-order valence-electron chi connectivity index (χ1n) is 6.32. The molecule has 0 aromatic carbocycles. The zero-order chi connectivity index (χ0) is 14.0. The van der Waals surface area contributed by atoms with Crippen LogP contribution in [-0.2, 0) is 17.5 Å². The average Bonchev–Trinajstić information content (AvgIpc) is 2.76. The molecule has 0 aliphatic rings. The van der Waals surface area contributed by atoms with Gasteiger partial charge in [0.15, 0.2) is 0 Å². The van der Waals surface area contributed by atoms with Gasteiger partial charge in [0, 0.05) is 0 Å². The summed E-state index contributed by atoms with van der Waals surface area (Å²) in [4.78, 5) is 4.42. The molecule has 0 atom stereocenters. The summed E-state index contributed by atoms with van der Waals surface area (Å²) < 4.78 is 6.88. The van der Waals surface area contributed by atoms with E-state index in [1.54, 1.807) is 0 Å². The van der Waals surface area contributed by atoms with Crippen LogP contribution in [0, 0.1) is 3.89 Å². The molecule has 2 aromatic heterocycles. The molecule has 5 heteroatoms. The molecular weight excluding hydrogens is 352 g/mol. The van der Waals surface area contributed by atoms with E-state index in [0.29, 0.717) is 12.1 Å². The van der Waals surface area contributed by atoms with Gasteiger partial charge < -0.3 is 0 Å². The molecule has 0 unspecified atom stereocenters. The predicted octanol–water partition coefficient (Wildman–Crippen LogP) is 3.44. The van der Waals surface area contributed by atoms with Gasteiger partial charge in [0.05, 0.1) is 0 Å². The molecule has 2 aromatic rings. The van der Waals surface area contributed by atoms with Crippen molar-refractivity contribution in [3.8, 4) is 0 Å². The summed E-state index contributed by atoms with van der Waals surface area (Å²) in [6.07, 6.45) is 6.10. The Morgan fingerprint density at radius 3 is 2.16 bits per heavy atom. The third-order valence-electron chi connectivity index (χ3n) is 2.73. The maximum atomic E-state index is 6.24. The standard InChI is InChI=1S/C9H16N2.C5H3ClN.Pd/c1-8(2)10-5-6-11(7-10)9(3)4;6-5-2-1-3-7-4-5;/h5-6,8-9H,1-4H3;1-3H;. The van der Waals surface area contributed by atoms with E-state index >= 15 is 0 Å². The Labute approximate surface area is 126 Å². The summed E-state index contributed by atoms with van der Waals surface area (Å²) in [5.74, 6) is 0. The van der Waals surface area contributed by atoms with Gasteiger partial charge in [-0.05, 0) is 0 Å². The monoisotopic (exact) mass is 370 g/mol. The van der Waals surface area contributed by atoms with Crippen LogP contribution in [0.2, 0.25) is 5.02 Å². The molecule has 0 aliphatic heterocycles. The maximum absolute atomic E-state index is 6.24. The first-order chi connectivity index (χ1) is 9.00. The molecule has 0 saturated heterocycles. The minimum atomic E-state index is 0.237. The SMILES string of the molecule is CC(C)n1ccn(C(C)C)[c]1=[Pd][c]1ncccc1Cl. The molecular formula is C14H19ClN3Pd. The van der Waals surface area contributed by atoms with Crippen molar-refractivity contribution in [2.45, 2.75) is 39.8 Å². The Morgan fingerprint density at radius 1 is 1.11 bits per heavy atom. The molecule has 107 valence electrons. The summed E-state index contributed by atoms with van der Waals surface area (Å²) >= 11 is 6.47. The molecule has 0 fully saturated rings. The summed E-state index contributed by atoms with van der Waals surface area (Å²) in [6.45, 7) is 8.79. The minimum absolute atomic E-state index is 0.237. The van der Waals surface area contributed by atoms with Gasteiger partial charge in [-0.25, -0.2) is 0 Å². The zero-order valence-electron chi connectivity index (χ0n) is 11.6. The second-order valence-electron chi connectivity index (χ2n) is 4.87. The second-order valence-corrected chi connectivity index (χ2v) is 7.09. The Bertz CT molecular complexity index is 597. The molecule has 0 aliphatic carbocycles. The number of imidazole rings is 1. The molecule has 0 saturated carbocycles. The molecule has 0 N–H and O–H groups in total. The van der Waals surface area contributed by atoms with Crippen LogP contribution in [0.15, 0.2) is 30.7 Å². The topological polar surface area (TPSA) is 22.8 Å². The summed E-state index contributed by atoms with van der Waals surface area (Å²) in [6, 6.07) is 4.66. The quantitative estimate of drug-likeness (QED) is 0.758. The van der Waals surface area contributed by atoms with Crippen LogP contribution in [0.4, 0.5) is 0 Å². The van der Waals surface area contributed by atoms with Crippen molar-refractivity contribution in [2.24, 2.45) is 0 Å². The Balaban J connectivity index is 2.66. The summed E-state index contributed by atoms with van der Waals surface area (Å²) in [5, 5.41) is 0.753. The Hall–Kier alpha value is -0.688. The van der Waals surface area contributed by atoms with Crippen LogP contribution in [0.25, 0.3) is 0 Å². The third-order valence-corrected chi connectivity index (χ3v) is 5.39. The van der Waals surface area contributed by atoms with Crippen molar-refractivity contribution in [3.05, 3.63) is 39.6 Å². The van der Waals surface area contributed by atoms with E-state index in [0.717, 1.165) is 9.19 Å². The molecule has 3 nitrogen and oxygen atoms in total. The predicted molar refractivity (Wildman–Crippen MR) is 75.3 cm³/mol. The van der Waals surface area contributed by atoms with Crippen molar-refractivity contribution in [3.63, 3.8) is 0 Å². The van der Waals surface area contributed by atoms with Crippen LogP contribution in [0.1, 0.15) is 39.8 Å². The molecule has 2 rings (SSSR count). The number of nitrogens with zero attached hydrogens (tertiary/aromatic N) is 3. The van der Waals surface area contributed by atoms with E-state index in [9.17, 15) is 0 Å². The van der Waals surface area contributed by atoms with Gasteiger partial charge in [0.1, 0.15) is 0 Å². The molecule has 0 amide bonds. The zero-order valence-corrected chi connectivity index (χ0v) is 13.9. The van der Waals surface area contributed by atoms with Gasteiger partial charge >= 0.3 is 127 Å². The van der Waals surface area contributed by atoms with E-state index in [2.05, 4.69) is 54.2 Å². The van der Waals surface area contributed by atoms with Gasteiger partial charge in [0.2, 0.25) is 0 Å². The van der Waals surface area contributed by atoms with E-state index in [1.165, 1.54) is 3.89 Å². The van der Waals surface area contributed by atoms with E-state index < -0.39 is 0 Å². The number of rotatable bonds is 3. The van der Waals surface area contributed by atoms with E-state index in [1.807, 2.05) is 18.3 Å². The van der Waals surface area contributed by atoms with Gasteiger partial charge in [-0.2, -0.15) is 0 Å². The van der Waals surface area contributed by atoms with Crippen LogP contribution < -0.4 is 4.17 Å². The van der Waals surface area contributed by atoms with Crippen LogP contribution >= 0.6 is 11.6 Å². The van der Waals surface area contributed by atoms with Crippen molar-refractivity contribution < 1.29 is 17.5 Å². The molecule has 0 spiro atoms. The van der Waals surface area contributed by atoms with Crippen LogP contribution in [-0.4, -0.2) is 14.1 Å². The average molecular weight is 371 g/mol. The molecule has 0 bridgehead atoms. The number of hydrogen-bond donors (Lipinski definition) is 0. The fourth-order valence-corrected chi connectivity index (χ4v) is 4.29. The normalized spacial score (nSPS) is 11.7. The Morgan fingerprint density at radius 2 is 1.68 bits per heavy atom. The van der Waals surface area contributed by atoms with Crippen molar-refractivity contribution in [1.29, 1.82) is 0 Å². The first kappa shape index (κ1) is 14.7. The van der Waals surface area contributed by atoms with Gasteiger partial charge in [-0.1, -0.05) is 0 Å². The fraction of sp³-hybridized carbons (Fsp3) is 0.429. The van der Waals surface area contributed by atoms with Crippen LogP contribution in [0.5, 0.6) is 0 Å². The van der Waals surface area contributed by atoms with Gasteiger partial charge in [-0.15, -0.1) is 0 Å². The van der Waals surface area contributed by atoms with Crippen LogP contribution in [0.3, 0.4) is 0 Å². The molecule has 19 heavy (non-hydrogen) atoms. The van der Waals surface area contributed by atoms with Gasteiger partial charge in [-0.3, -0.25) is 0 Å². The Kier molecular flexibility index (Phi) is 4.78. The van der Waals surface area contributed by atoms with Crippen molar-refractivity contribution in [2.75, 3.05) is 0 Å². The fourth-order valence-electron chi connectivity index (χ4n) is 1.69. The summed E-state index contributed by atoms with van der Waals surface area (Å²) in [5.41, 5.74) is 0. The van der Waals surface area contributed by atoms with Crippen molar-refractivity contribution >= 4 is 15.8 Å². The second kappa shape index (κ2) is 6.18. The molecule has 0 radical (unpaired) electrons. The van der Waals surface area contributed by atoms with E-state index in [4.69, 9.17) is 11.6 Å². The summed E-state index contributed by atoms with van der Waals surface area (Å²) in [7, 11) is 0. The number of halogens is 1. The number of hydrogen-bond acceptors (Lipinski definition) is 1. The number of aromatic nitrogens is 3. The molecule has 2 heterocycles. The number of pyridine rings is 1. The van der Waals surface area contributed by atoms with Gasteiger partial charge in [0.25, 0.3) is 0 Å². The van der Waals surface area contributed by atoms with Crippen molar-refractivity contribution in [1.82, 2.24) is 14.1 Å². The first-order valence-corrected chi connectivity index (χ1v) is 8.25.